The molecule has 0 spiro atoms. The Hall–Kier alpha value is -0.0800. The van der Waals surface area contributed by atoms with Crippen LogP contribution in [0.5, 0.6) is 0 Å². The highest BCUT2D eigenvalue weighted by Gasteiger charge is 2.14. The van der Waals surface area contributed by atoms with Crippen LogP contribution >= 0.6 is 0 Å². The quantitative estimate of drug-likeness (QED) is 0.562. The van der Waals surface area contributed by atoms with Gasteiger partial charge in [-0.3, -0.25) is 4.90 Å². The first kappa shape index (κ1) is 14.9. The zero-order valence-electron chi connectivity index (χ0n) is 11.2. The lowest BCUT2D eigenvalue weighted by molar-refractivity contribution is 0.157. The van der Waals surface area contributed by atoms with Crippen molar-refractivity contribution in [3.63, 3.8) is 0 Å². The van der Waals surface area contributed by atoms with Crippen LogP contribution in [0.15, 0.2) is 0 Å². The largest absolute Gasteiger partial charge is 0.305 e. The molecule has 92 valence electrons. The van der Waals surface area contributed by atoms with Gasteiger partial charge in [-0.25, -0.2) is 0 Å². The Labute approximate surface area is 96.4 Å². The van der Waals surface area contributed by atoms with E-state index in [2.05, 4.69) is 38.0 Å². The van der Waals surface area contributed by atoms with Crippen LogP contribution in [-0.2, 0) is 0 Å². The van der Waals surface area contributed by atoms with Crippen molar-refractivity contribution in [3.05, 3.63) is 0 Å². The minimum Gasteiger partial charge on any atom is -0.305 e. The fourth-order valence-corrected chi connectivity index (χ4v) is 1.93. The molecule has 0 aliphatic rings. The number of nitrogens with zero attached hydrogens (tertiary/aromatic N) is 1. The van der Waals surface area contributed by atoms with E-state index in [-0.39, 0.29) is 0 Å². The van der Waals surface area contributed by atoms with Crippen molar-refractivity contribution >= 4 is 0 Å². The molecular formula is C13H30N2. The summed E-state index contributed by atoms with van der Waals surface area (Å²) in [6.45, 7) is 9.31. The fourth-order valence-electron chi connectivity index (χ4n) is 1.93. The molecule has 0 aromatic carbocycles. The van der Waals surface area contributed by atoms with E-state index in [9.17, 15) is 0 Å². The topological polar surface area (TPSA) is 15.3 Å². The highest BCUT2D eigenvalue weighted by Crippen LogP contribution is 2.07. The van der Waals surface area contributed by atoms with Gasteiger partial charge in [-0.1, -0.05) is 40.0 Å². The molecule has 0 aromatic rings. The van der Waals surface area contributed by atoms with Crippen molar-refractivity contribution < 1.29 is 0 Å². The van der Waals surface area contributed by atoms with Gasteiger partial charge in [0.05, 0.1) is 6.17 Å². The molecule has 0 rings (SSSR count). The first-order valence-electron chi connectivity index (χ1n) is 6.71. The molecule has 2 nitrogen and oxygen atoms in total. The van der Waals surface area contributed by atoms with E-state index in [1.54, 1.807) is 0 Å². The van der Waals surface area contributed by atoms with Gasteiger partial charge in [0, 0.05) is 0 Å². The number of nitrogens with one attached hydrogen (secondary N) is 1. The SMILES string of the molecule is CCCCN(CCCC)C(CCC)NC. The molecule has 0 heterocycles. The monoisotopic (exact) mass is 214 g/mol. The molecule has 0 radical (unpaired) electrons. The number of rotatable bonds is 10. The van der Waals surface area contributed by atoms with Gasteiger partial charge in [0.1, 0.15) is 0 Å². The summed E-state index contributed by atoms with van der Waals surface area (Å²) in [5, 5.41) is 3.45. The highest BCUT2D eigenvalue weighted by atomic mass is 15.3. The summed E-state index contributed by atoms with van der Waals surface area (Å²) < 4.78 is 0. The molecule has 0 aliphatic heterocycles. The zero-order chi connectivity index (χ0) is 11.5. The first-order valence-corrected chi connectivity index (χ1v) is 6.71. The molecule has 0 saturated carbocycles. The average Bonchev–Trinajstić information content (AvgIpc) is 2.27. The van der Waals surface area contributed by atoms with Crippen molar-refractivity contribution in [2.24, 2.45) is 0 Å². The maximum absolute atomic E-state index is 3.45. The van der Waals surface area contributed by atoms with Gasteiger partial charge in [-0.2, -0.15) is 0 Å². The molecule has 1 N–H and O–H groups in total. The third-order valence-corrected chi connectivity index (χ3v) is 2.93. The molecule has 0 aromatic heterocycles. The minimum absolute atomic E-state index is 0.591. The van der Waals surface area contributed by atoms with Crippen LogP contribution in [0.4, 0.5) is 0 Å². The van der Waals surface area contributed by atoms with Crippen LogP contribution in [0, 0.1) is 0 Å². The second-order valence-electron chi connectivity index (χ2n) is 4.34. The van der Waals surface area contributed by atoms with Crippen LogP contribution in [0.25, 0.3) is 0 Å². The fraction of sp³-hybridized carbons (Fsp3) is 1.00. The van der Waals surface area contributed by atoms with Gasteiger partial charge >= 0.3 is 0 Å². The van der Waals surface area contributed by atoms with Crippen LogP contribution in [0.2, 0.25) is 0 Å². The second-order valence-corrected chi connectivity index (χ2v) is 4.34. The van der Waals surface area contributed by atoms with Gasteiger partial charge in [0.2, 0.25) is 0 Å². The van der Waals surface area contributed by atoms with E-state index < -0.39 is 0 Å². The Balaban J connectivity index is 4.02. The van der Waals surface area contributed by atoms with Gasteiger partial charge in [-0.15, -0.1) is 0 Å². The van der Waals surface area contributed by atoms with Gasteiger partial charge in [-0.05, 0) is 39.4 Å². The standard InChI is InChI=1S/C13H30N2/c1-5-8-11-15(12-9-6-2)13(14-4)10-7-3/h13-14H,5-12H2,1-4H3. The minimum atomic E-state index is 0.591. The van der Waals surface area contributed by atoms with E-state index in [1.807, 2.05) is 0 Å². The third-order valence-electron chi connectivity index (χ3n) is 2.93. The van der Waals surface area contributed by atoms with Crippen molar-refractivity contribution in [2.75, 3.05) is 20.1 Å². The molecule has 0 bridgehead atoms. The lowest BCUT2D eigenvalue weighted by Gasteiger charge is -2.31. The Morgan fingerprint density at radius 1 is 0.933 bits per heavy atom. The molecule has 2 heteroatoms. The van der Waals surface area contributed by atoms with E-state index in [0.29, 0.717) is 6.17 Å². The molecule has 0 amide bonds. The Kier molecular flexibility index (Phi) is 10.4. The predicted molar refractivity (Wildman–Crippen MR) is 69.1 cm³/mol. The van der Waals surface area contributed by atoms with E-state index in [1.165, 1.54) is 51.6 Å². The summed E-state index contributed by atoms with van der Waals surface area (Å²) in [5.74, 6) is 0. The normalized spacial score (nSPS) is 13.4. The van der Waals surface area contributed by atoms with Gasteiger partial charge in [0.25, 0.3) is 0 Å². The maximum Gasteiger partial charge on any atom is 0.0594 e. The summed E-state index contributed by atoms with van der Waals surface area (Å²) in [5.41, 5.74) is 0. The highest BCUT2D eigenvalue weighted by molar-refractivity contribution is 4.67. The van der Waals surface area contributed by atoms with Crippen LogP contribution in [0.3, 0.4) is 0 Å². The number of hydrogen-bond acceptors (Lipinski definition) is 2. The second kappa shape index (κ2) is 10.4. The van der Waals surface area contributed by atoms with E-state index in [4.69, 9.17) is 0 Å². The summed E-state index contributed by atoms with van der Waals surface area (Å²) in [7, 11) is 2.09. The molecule has 1 unspecified atom stereocenters. The molecule has 0 saturated heterocycles. The van der Waals surface area contributed by atoms with Gasteiger partial charge < -0.3 is 5.32 Å². The lowest BCUT2D eigenvalue weighted by atomic mass is 10.2. The van der Waals surface area contributed by atoms with Crippen LogP contribution in [-0.4, -0.2) is 31.2 Å². The summed E-state index contributed by atoms with van der Waals surface area (Å²) in [4.78, 5) is 2.62. The van der Waals surface area contributed by atoms with E-state index in [0.717, 1.165) is 0 Å². The van der Waals surface area contributed by atoms with Crippen molar-refractivity contribution in [1.29, 1.82) is 0 Å². The zero-order valence-corrected chi connectivity index (χ0v) is 11.2. The average molecular weight is 214 g/mol. The van der Waals surface area contributed by atoms with E-state index >= 15 is 0 Å². The number of hydrogen-bond donors (Lipinski definition) is 1. The first-order chi connectivity index (χ1) is 7.29. The predicted octanol–water partition coefficient (Wildman–Crippen LogP) is 3.23. The smallest absolute Gasteiger partial charge is 0.0594 e. The maximum atomic E-state index is 3.45. The van der Waals surface area contributed by atoms with Crippen molar-refractivity contribution in [3.8, 4) is 0 Å². The summed E-state index contributed by atoms with van der Waals surface area (Å²) in [6.07, 6.45) is 8.37. The Morgan fingerprint density at radius 2 is 1.47 bits per heavy atom. The van der Waals surface area contributed by atoms with Gasteiger partial charge in [0.15, 0.2) is 0 Å². The molecule has 1 atom stereocenters. The summed E-state index contributed by atoms with van der Waals surface area (Å²) in [6, 6.07) is 0. The molecule has 15 heavy (non-hydrogen) atoms. The van der Waals surface area contributed by atoms with Crippen molar-refractivity contribution in [2.45, 2.75) is 65.5 Å². The molecule has 0 aliphatic carbocycles. The number of unbranched alkanes of at least 4 members (excludes halogenated alkanes) is 2. The third kappa shape index (κ3) is 6.91. The molecule has 0 fully saturated rings. The Bertz CT molecular complexity index is 118. The van der Waals surface area contributed by atoms with Crippen molar-refractivity contribution in [1.82, 2.24) is 10.2 Å². The lowest BCUT2D eigenvalue weighted by Crippen LogP contribution is -2.45. The Morgan fingerprint density at radius 3 is 1.80 bits per heavy atom. The molecular weight excluding hydrogens is 184 g/mol. The van der Waals surface area contributed by atoms with Crippen LogP contribution < -0.4 is 5.32 Å². The van der Waals surface area contributed by atoms with Crippen LogP contribution in [0.1, 0.15) is 59.3 Å². The summed E-state index contributed by atoms with van der Waals surface area (Å²) >= 11 is 0.